The van der Waals surface area contributed by atoms with Gasteiger partial charge in [-0.05, 0) is 49.5 Å². The summed E-state index contributed by atoms with van der Waals surface area (Å²) < 4.78 is 13.2. The van der Waals surface area contributed by atoms with Crippen LogP contribution in [0.2, 0.25) is 5.02 Å². The molecule has 0 saturated heterocycles. The summed E-state index contributed by atoms with van der Waals surface area (Å²) in [6.45, 7) is 0. The maximum Gasteiger partial charge on any atom is 0.160 e. The Kier molecular flexibility index (Phi) is 4.54. The molecule has 0 bridgehead atoms. The van der Waals surface area contributed by atoms with Crippen molar-refractivity contribution < 1.29 is 9.18 Å². The standard InChI is InChI=1S/C15H16ClFO/c16-14-7-6-12(10-15(14)17)9-13(18)8-11-4-2-1-3-5-11/h6-8,10H,1-5,9H2. The zero-order valence-corrected chi connectivity index (χ0v) is 11.0. The maximum absolute atomic E-state index is 13.2. The van der Waals surface area contributed by atoms with Crippen LogP contribution in [-0.2, 0) is 11.2 Å². The molecule has 18 heavy (non-hydrogen) atoms. The van der Waals surface area contributed by atoms with Crippen LogP contribution in [0.5, 0.6) is 0 Å². The van der Waals surface area contributed by atoms with Crippen molar-refractivity contribution in [3.8, 4) is 0 Å². The molecule has 1 fully saturated rings. The first-order valence-corrected chi connectivity index (χ1v) is 6.69. The molecule has 1 aliphatic carbocycles. The Morgan fingerprint density at radius 2 is 2.00 bits per heavy atom. The molecule has 0 heterocycles. The number of rotatable bonds is 3. The van der Waals surface area contributed by atoms with E-state index in [1.54, 1.807) is 12.1 Å². The molecule has 96 valence electrons. The van der Waals surface area contributed by atoms with Gasteiger partial charge in [0.25, 0.3) is 0 Å². The lowest BCUT2D eigenvalue weighted by molar-refractivity contribution is -0.114. The van der Waals surface area contributed by atoms with E-state index in [2.05, 4.69) is 0 Å². The fraction of sp³-hybridized carbons (Fsp3) is 0.400. The maximum atomic E-state index is 13.2. The van der Waals surface area contributed by atoms with E-state index >= 15 is 0 Å². The molecule has 3 heteroatoms. The van der Waals surface area contributed by atoms with Crippen molar-refractivity contribution in [2.75, 3.05) is 0 Å². The molecule has 0 radical (unpaired) electrons. The fourth-order valence-electron chi connectivity index (χ4n) is 2.28. The Morgan fingerprint density at radius 3 is 2.67 bits per heavy atom. The summed E-state index contributed by atoms with van der Waals surface area (Å²) in [6.07, 6.45) is 7.65. The lowest BCUT2D eigenvalue weighted by atomic mass is 9.93. The predicted molar refractivity (Wildman–Crippen MR) is 71.3 cm³/mol. The number of halogens is 2. The number of hydrogen-bond acceptors (Lipinski definition) is 1. The first-order chi connectivity index (χ1) is 8.65. The van der Waals surface area contributed by atoms with Crippen LogP contribution < -0.4 is 0 Å². The van der Waals surface area contributed by atoms with Crippen molar-refractivity contribution in [2.24, 2.45) is 0 Å². The lowest BCUT2D eigenvalue weighted by Crippen LogP contribution is -2.03. The van der Waals surface area contributed by atoms with Gasteiger partial charge in [-0.25, -0.2) is 4.39 Å². The van der Waals surface area contributed by atoms with Gasteiger partial charge in [-0.15, -0.1) is 0 Å². The van der Waals surface area contributed by atoms with Crippen LogP contribution in [0.15, 0.2) is 29.8 Å². The van der Waals surface area contributed by atoms with E-state index in [-0.39, 0.29) is 17.2 Å². The third-order valence-corrected chi connectivity index (χ3v) is 3.53. The number of carbonyl (C=O) groups is 1. The molecule has 1 nitrogen and oxygen atoms in total. The summed E-state index contributed by atoms with van der Waals surface area (Å²) in [6, 6.07) is 4.52. The zero-order valence-electron chi connectivity index (χ0n) is 10.2. The summed E-state index contributed by atoms with van der Waals surface area (Å²) in [5.74, 6) is -0.416. The molecule has 0 aliphatic heterocycles. The van der Waals surface area contributed by atoms with Crippen LogP contribution >= 0.6 is 11.6 Å². The van der Waals surface area contributed by atoms with Crippen molar-refractivity contribution >= 4 is 17.4 Å². The van der Waals surface area contributed by atoms with Crippen LogP contribution in [-0.4, -0.2) is 5.78 Å². The van der Waals surface area contributed by atoms with Crippen molar-refractivity contribution in [1.29, 1.82) is 0 Å². The fourth-order valence-corrected chi connectivity index (χ4v) is 2.40. The predicted octanol–water partition coefficient (Wildman–Crippen LogP) is 4.48. The molecule has 1 saturated carbocycles. The number of benzene rings is 1. The van der Waals surface area contributed by atoms with Gasteiger partial charge in [-0.1, -0.05) is 29.7 Å². The number of carbonyl (C=O) groups excluding carboxylic acids is 1. The second-order valence-corrected chi connectivity index (χ2v) is 5.16. The highest BCUT2D eigenvalue weighted by Gasteiger charge is 2.09. The van der Waals surface area contributed by atoms with Gasteiger partial charge in [0.2, 0.25) is 0 Å². The molecule has 0 amide bonds. The Hall–Kier alpha value is -1.15. The van der Waals surface area contributed by atoms with E-state index in [1.165, 1.54) is 37.0 Å². The third-order valence-electron chi connectivity index (χ3n) is 3.22. The summed E-state index contributed by atoms with van der Waals surface area (Å²) in [5, 5.41) is 0.0943. The molecule has 1 aliphatic rings. The van der Waals surface area contributed by atoms with Crippen LogP contribution in [0.25, 0.3) is 0 Å². The molecule has 2 rings (SSSR count). The molecular formula is C15H16ClFO. The molecule has 1 aromatic carbocycles. The molecule has 0 unspecified atom stereocenters. The molecule has 0 aromatic heterocycles. The Balaban J connectivity index is 2.00. The van der Waals surface area contributed by atoms with E-state index in [4.69, 9.17) is 11.6 Å². The van der Waals surface area contributed by atoms with Gasteiger partial charge in [-0.2, -0.15) is 0 Å². The average molecular weight is 267 g/mol. The first kappa shape index (κ1) is 13.3. The molecule has 0 spiro atoms. The van der Waals surface area contributed by atoms with Gasteiger partial charge in [0, 0.05) is 6.42 Å². The van der Waals surface area contributed by atoms with Gasteiger partial charge in [0.1, 0.15) is 5.82 Å². The van der Waals surface area contributed by atoms with Gasteiger partial charge in [0.15, 0.2) is 5.78 Å². The minimum Gasteiger partial charge on any atom is -0.294 e. The third kappa shape index (κ3) is 3.67. The first-order valence-electron chi connectivity index (χ1n) is 6.31. The Bertz CT molecular complexity index is 471. The van der Waals surface area contributed by atoms with Crippen molar-refractivity contribution in [3.05, 3.63) is 46.3 Å². The molecule has 0 atom stereocenters. The highest BCUT2D eigenvalue weighted by molar-refractivity contribution is 6.30. The molecule has 0 N–H and O–H groups in total. The SMILES string of the molecule is O=C(C=C1CCCCC1)Cc1ccc(Cl)c(F)c1. The second kappa shape index (κ2) is 6.14. The van der Waals surface area contributed by atoms with Crippen molar-refractivity contribution in [3.63, 3.8) is 0 Å². The van der Waals surface area contributed by atoms with E-state index < -0.39 is 5.82 Å². The number of ketones is 1. The van der Waals surface area contributed by atoms with Crippen LogP contribution in [0.1, 0.15) is 37.7 Å². The second-order valence-electron chi connectivity index (χ2n) is 4.75. The van der Waals surface area contributed by atoms with E-state index in [1.807, 2.05) is 0 Å². The smallest absolute Gasteiger partial charge is 0.160 e. The highest BCUT2D eigenvalue weighted by Crippen LogP contribution is 2.23. The molecular weight excluding hydrogens is 251 g/mol. The summed E-state index contributed by atoms with van der Waals surface area (Å²) in [7, 11) is 0. The van der Waals surface area contributed by atoms with Crippen LogP contribution in [0.4, 0.5) is 4.39 Å². The largest absolute Gasteiger partial charge is 0.294 e. The minimum atomic E-state index is -0.465. The van der Waals surface area contributed by atoms with Crippen LogP contribution in [0.3, 0.4) is 0 Å². The number of allylic oxidation sites excluding steroid dienone is 2. The van der Waals surface area contributed by atoms with Gasteiger partial charge >= 0.3 is 0 Å². The van der Waals surface area contributed by atoms with E-state index in [9.17, 15) is 9.18 Å². The van der Waals surface area contributed by atoms with Gasteiger partial charge < -0.3 is 0 Å². The Morgan fingerprint density at radius 1 is 1.28 bits per heavy atom. The average Bonchev–Trinajstić information content (AvgIpc) is 2.35. The monoisotopic (exact) mass is 266 g/mol. The number of hydrogen-bond donors (Lipinski definition) is 0. The highest BCUT2D eigenvalue weighted by atomic mass is 35.5. The quantitative estimate of drug-likeness (QED) is 0.737. The summed E-state index contributed by atoms with van der Waals surface area (Å²) in [5.41, 5.74) is 1.91. The van der Waals surface area contributed by atoms with E-state index in [0.717, 1.165) is 12.8 Å². The zero-order chi connectivity index (χ0) is 13.0. The lowest BCUT2D eigenvalue weighted by Gasteiger charge is -2.12. The van der Waals surface area contributed by atoms with Gasteiger partial charge in [0.05, 0.1) is 5.02 Å². The normalized spacial score (nSPS) is 15.6. The topological polar surface area (TPSA) is 17.1 Å². The summed E-state index contributed by atoms with van der Waals surface area (Å²) >= 11 is 5.60. The minimum absolute atomic E-state index is 0.0497. The van der Waals surface area contributed by atoms with Crippen molar-refractivity contribution in [1.82, 2.24) is 0 Å². The molecule has 1 aromatic rings. The van der Waals surface area contributed by atoms with Gasteiger partial charge in [-0.3, -0.25) is 4.79 Å². The Labute approximate surface area is 112 Å². The summed E-state index contributed by atoms with van der Waals surface area (Å²) in [4.78, 5) is 11.8. The van der Waals surface area contributed by atoms with Crippen molar-refractivity contribution in [2.45, 2.75) is 38.5 Å². The van der Waals surface area contributed by atoms with E-state index in [0.29, 0.717) is 5.56 Å². The van der Waals surface area contributed by atoms with Crippen LogP contribution in [0, 0.1) is 5.82 Å².